The van der Waals surface area contributed by atoms with Gasteiger partial charge in [0.25, 0.3) is 0 Å². The van der Waals surface area contributed by atoms with E-state index in [9.17, 15) is 18.5 Å². The Morgan fingerprint density at radius 3 is 2.43 bits per heavy atom. The van der Waals surface area contributed by atoms with E-state index < -0.39 is 10.0 Å². The Kier molecular flexibility index (Phi) is 6.52. The molecule has 1 heterocycles. The van der Waals surface area contributed by atoms with E-state index in [0.29, 0.717) is 18.7 Å². The van der Waals surface area contributed by atoms with Crippen molar-refractivity contribution < 1.29 is 13.2 Å². The highest BCUT2D eigenvalue weighted by Gasteiger charge is 2.46. The number of nitriles is 1. The standard InChI is InChI=1S/C29H30N4O3S/c1-20-15-22(17-30)7-11-25(20)23-8-12-27-26(16-23)29(13-3-4-14-29)19-33(27)28(34)32-18-21-5-9-24(10-6-21)37(35,36)31-2/h5-12,15-16,31H,3-4,13-14,18-19H2,1-2H3,(H,32,34). The Morgan fingerprint density at radius 2 is 1.78 bits per heavy atom. The number of benzene rings is 3. The molecule has 7 nitrogen and oxygen atoms in total. The van der Waals surface area contributed by atoms with Crippen LogP contribution in [-0.2, 0) is 22.0 Å². The molecule has 37 heavy (non-hydrogen) atoms. The van der Waals surface area contributed by atoms with E-state index in [1.165, 1.54) is 12.6 Å². The van der Waals surface area contributed by atoms with Crippen molar-refractivity contribution in [3.05, 3.63) is 82.9 Å². The van der Waals surface area contributed by atoms with Crippen LogP contribution in [0.2, 0.25) is 0 Å². The summed E-state index contributed by atoms with van der Waals surface area (Å²) in [6.45, 7) is 2.98. The molecule has 2 N–H and O–H groups in total. The van der Waals surface area contributed by atoms with E-state index in [1.54, 1.807) is 24.3 Å². The maximum atomic E-state index is 13.4. The number of amides is 2. The third kappa shape index (κ3) is 4.61. The van der Waals surface area contributed by atoms with E-state index in [4.69, 9.17) is 0 Å². The molecule has 8 heteroatoms. The average Bonchev–Trinajstić information content (AvgIpc) is 3.52. The quantitative estimate of drug-likeness (QED) is 0.501. The third-order valence-electron chi connectivity index (χ3n) is 7.74. The number of aryl methyl sites for hydroxylation is 1. The molecule has 190 valence electrons. The van der Waals surface area contributed by atoms with Crippen LogP contribution < -0.4 is 14.9 Å². The number of nitrogens with zero attached hydrogens (tertiary/aromatic N) is 2. The summed E-state index contributed by atoms with van der Waals surface area (Å²) in [5.41, 5.74) is 6.87. The SMILES string of the molecule is CNS(=O)(=O)c1ccc(CNC(=O)N2CC3(CCCC3)c3cc(-c4ccc(C#N)cc4C)ccc32)cc1. The van der Waals surface area contributed by atoms with Gasteiger partial charge in [-0.15, -0.1) is 0 Å². The number of carbonyl (C=O) groups excluding carboxylic acids is 1. The number of hydrogen-bond donors (Lipinski definition) is 2. The number of anilines is 1. The van der Waals surface area contributed by atoms with Gasteiger partial charge >= 0.3 is 6.03 Å². The maximum absolute atomic E-state index is 13.4. The number of sulfonamides is 1. The minimum absolute atomic E-state index is 0.0354. The Labute approximate surface area is 218 Å². The van der Waals surface area contributed by atoms with Crippen LogP contribution in [0.4, 0.5) is 10.5 Å². The van der Waals surface area contributed by atoms with Crippen LogP contribution >= 0.6 is 0 Å². The Balaban J connectivity index is 1.39. The summed E-state index contributed by atoms with van der Waals surface area (Å²) < 4.78 is 26.2. The zero-order valence-electron chi connectivity index (χ0n) is 21.0. The van der Waals surface area contributed by atoms with E-state index in [-0.39, 0.29) is 16.3 Å². The van der Waals surface area contributed by atoms with Crippen molar-refractivity contribution in [2.75, 3.05) is 18.5 Å². The Bertz CT molecular complexity index is 1500. The summed E-state index contributed by atoms with van der Waals surface area (Å²) in [4.78, 5) is 15.4. The van der Waals surface area contributed by atoms with Gasteiger partial charge < -0.3 is 5.32 Å². The molecular weight excluding hydrogens is 484 g/mol. The first-order valence-corrected chi connectivity index (χ1v) is 14.0. The monoisotopic (exact) mass is 514 g/mol. The second kappa shape index (κ2) is 9.66. The highest BCUT2D eigenvalue weighted by Crippen LogP contribution is 2.51. The lowest BCUT2D eigenvalue weighted by molar-refractivity contribution is 0.245. The normalized spacial score (nSPS) is 16.0. The first-order chi connectivity index (χ1) is 17.8. The van der Waals surface area contributed by atoms with Crippen molar-refractivity contribution >= 4 is 21.7 Å². The minimum atomic E-state index is -3.50. The number of rotatable bonds is 5. The summed E-state index contributed by atoms with van der Waals surface area (Å²) >= 11 is 0. The molecule has 0 atom stereocenters. The fourth-order valence-electron chi connectivity index (χ4n) is 5.73. The van der Waals surface area contributed by atoms with Crippen molar-refractivity contribution in [1.82, 2.24) is 10.0 Å². The molecule has 1 spiro atoms. The smallest absolute Gasteiger partial charge is 0.322 e. The Hall–Kier alpha value is -3.67. The van der Waals surface area contributed by atoms with E-state index in [2.05, 4.69) is 28.2 Å². The molecule has 1 saturated carbocycles. The lowest BCUT2D eigenvalue weighted by atomic mass is 9.79. The van der Waals surface area contributed by atoms with E-state index >= 15 is 0 Å². The molecule has 0 aromatic heterocycles. The predicted octanol–water partition coefficient (Wildman–Crippen LogP) is 4.98. The Morgan fingerprint density at radius 1 is 1.05 bits per heavy atom. The molecule has 0 radical (unpaired) electrons. The van der Waals surface area contributed by atoms with Gasteiger partial charge in [0.1, 0.15) is 0 Å². The van der Waals surface area contributed by atoms with Gasteiger partial charge in [0.2, 0.25) is 10.0 Å². The molecule has 0 bridgehead atoms. The van der Waals surface area contributed by atoms with Crippen molar-refractivity contribution in [1.29, 1.82) is 5.26 Å². The van der Waals surface area contributed by atoms with Crippen molar-refractivity contribution in [3.63, 3.8) is 0 Å². The van der Waals surface area contributed by atoms with Gasteiger partial charge in [-0.05, 0) is 91.0 Å². The van der Waals surface area contributed by atoms with Gasteiger partial charge in [0.15, 0.2) is 0 Å². The maximum Gasteiger partial charge on any atom is 0.322 e. The second-order valence-corrected chi connectivity index (χ2v) is 11.8. The number of carbonyl (C=O) groups is 1. The highest BCUT2D eigenvalue weighted by molar-refractivity contribution is 7.89. The topological polar surface area (TPSA) is 102 Å². The molecule has 2 amide bonds. The van der Waals surface area contributed by atoms with Crippen LogP contribution in [-0.4, -0.2) is 28.0 Å². The molecular formula is C29H30N4O3S. The van der Waals surface area contributed by atoms with Crippen LogP contribution in [0.25, 0.3) is 11.1 Å². The minimum Gasteiger partial charge on any atom is -0.334 e. The van der Waals surface area contributed by atoms with Gasteiger partial charge in [0, 0.05) is 24.2 Å². The molecule has 2 aliphatic rings. The summed E-state index contributed by atoms with van der Waals surface area (Å²) in [5, 5.41) is 12.2. The van der Waals surface area contributed by atoms with Crippen molar-refractivity contribution in [3.8, 4) is 17.2 Å². The summed E-state index contributed by atoms with van der Waals surface area (Å²) in [6, 6.07) is 20.7. The third-order valence-corrected chi connectivity index (χ3v) is 9.17. The van der Waals surface area contributed by atoms with Crippen LogP contribution in [0.1, 0.15) is 47.9 Å². The van der Waals surface area contributed by atoms with Gasteiger partial charge in [-0.3, -0.25) is 4.90 Å². The molecule has 1 fully saturated rings. The zero-order chi connectivity index (χ0) is 26.2. The lowest BCUT2D eigenvalue weighted by Gasteiger charge is -2.25. The summed E-state index contributed by atoms with van der Waals surface area (Å²) in [5.74, 6) is 0. The molecule has 0 saturated heterocycles. The first-order valence-electron chi connectivity index (χ1n) is 12.5. The van der Waals surface area contributed by atoms with E-state index in [1.807, 2.05) is 36.1 Å². The van der Waals surface area contributed by atoms with Crippen LogP contribution in [0.3, 0.4) is 0 Å². The fourth-order valence-corrected chi connectivity index (χ4v) is 6.46. The molecule has 1 aliphatic carbocycles. The summed E-state index contributed by atoms with van der Waals surface area (Å²) in [7, 11) is -2.12. The van der Waals surface area contributed by atoms with Gasteiger partial charge in [-0.1, -0.05) is 37.1 Å². The fraction of sp³-hybridized carbons (Fsp3) is 0.310. The van der Waals surface area contributed by atoms with Gasteiger partial charge in [0.05, 0.1) is 16.5 Å². The van der Waals surface area contributed by atoms with Crippen LogP contribution in [0.15, 0.2) is 65.6 Å². The number of urea groups is 1. The van der Waals surface area contributed by atoms with Gasteiger partial charge in [-0.25, -0.2) is 17.9 Å². The molecule has 1 aliphatic heterocycles. The molecule has 0 unspecified atom stereocenters. The number of hydrogen-bond acceptors (Lipinski definition) is 4. The van der Waals surface area contributed by atoms with Crippen molar-refractivity contribution in [2.24, 2.45) is 0 Å². The number of nitrogens with one attached hydrogen (secondary N) is 2. The predicted molar refractivity (Wildman–Crippen MR) is 144 cm³/mol. The zero-order valence-corrected chi connectivity index (χ0v) is 21.9. The van der Waals surface area contributed by atoms with Gasteiger partial charge in [-0.2, -0.15) is 5.26 Å². The molecule has 3 aromatic carbocycles. The average molecular weight is 515 g/mol. The first kappa shape index (κ1) is 25.0. The number of fused-ring (bicyclic) bond motifs is 2. The molecule has 5 rings (SSSR count). The van der Waals surface area contributed by atoms with Crippen LogP contribution in [0, 0.1) is 18.3 Å². The molecule has 3 aromatic rings. The largest absolute Gasteiger partial charge is 0.334 e. The van der Waals surface area contributed by atoms with E-state index in [0.717, 1.165) is 53.6 Å². The van der Waals surface area contributed by atoms with Crippen molar-refractivity contribution in [2.45, 2.75) is 49.5 Å². The highest BCUT2D eigenvalue weighted by atomic mass is 32.2. The summed E-state index contributed by atoms with van der Waals surface area (Å²) in [6.07, 6.45) is 4.41. The second-order valence-electron chi connectivity index (χ2n) is 9.96. The van der Waals surface area contributed by atoms with Crippen LogP contribution in [0.5, 0.6) is 0 Å². The lowest BCUT2D eigenvalue weighted by Crippen LogP contribution is -2.41.